The van der Waals surface area contributed by atoms with E-state index in [0.717, 1.165) is 42.8 Å². The van der Waals surface area contributed by atoms with E-state index in [0.29, 0.717) is 12.3 Å². The normalized spacial score (nSPS) is 27.3. The van der Waals surface area contributed by atoms with E-state index >= 15 is 0 Å². The third kappa shape index (κ3) is 3.42. The Morgan fingerprint density at radius 1 is 1.30 bits per heavy atom. The van der Waals surface area contributed by atoms with Gasteiger partial charge >= 0.3 is 0 Å². The maximum atomic E-state index is 11.1. The SMILES string of the molecule is C=C(C)[C@@]1(O[Si](CC)(CC)CC)CCCC[C@@H]1CC=O. The van der Waals surface area contributed by atoms with E-state index in [2.05, 4.69) is 34.3 Å². The van der Waals surface area contributed by atoms with Gasteiger partial charge in [-0.15, -0.1) is 0 Å². The first-order valence-corrected chi connectivity index (χ1v) is 10.8. The molecule has 1 rings (SSSR count). The Labute approximate surface area is 126 Å². The average Bonchev–Trinajstić information content (AvgIpc) is 2.47. The van der Waals surface area contributed by atoms with Crippen LogP contribution >= 0.6 is 0 Å². The fourth-order valence-corrected chi connectivity index (χ4v) is 6.92. The first-order valence-electron chi connectivity index (χ1n) is 8.30. The summed E-state index contributed by atoms with van der Waals surface area (Å²) in [6, 6.07) is 3.47. The summed E-state index contributed by atoms with van der Waals surface area (Å²) in [5.41, 5.74) is 0.907. The van der Waals surface area contributed by atoms with E-state index in [1.165, 1.54) is 12.8 Å². The number of carbonyl (C=O) groups is 1. The number of hydrogen-bond donors (Lipinski definition) is 0. The van der Waals surface area contributed by atoms with Gasteiger partial charge in [0.25, 0.3) is 0 Å². The molecule has 1 aliphatic carbocycles. The number of aldehydes is 1. The van der Waals surface area contributed by atoms with Crippen molar-refractivity contribution in [2.75, 3.05) is 0 Å². The molecule has 116 valence electrons. The van der Waals surface area contributed by atoms with Gasteiger partial charge in [-0.05, 0) is 49.4 Å². The van der Waals surface area contributed by atoms with Gasteiger partial charge in [0, 0.05) is 6.42 Å². The predicted molar refractivity (Wildman–Crippen MR) is 88.5 cm³/mol. The second kappa shape index (κ2) is 7.55. The fourth-order valence-electron chi connectivity index (χ4n) is 3.78. The molecule has 0 amide bonds. The molecule has 0 saturated heterocycles. The van der Waals surface area contributed by atoms with Crippen LogP contribution in [0.2, 0.25) is 18.1 Å². The summed E-state index contributed by atoms with van der Waals surface area (Å²) in [6.07, 6.45) is 6.26. The van der Waals surface area contributed by atoms with Crippen molar-refractivity contribution < 1.29 is 9.22 Å². The van der Waals surface area contributed by atoms with E-state index in [9.17, 15) is 4.79 Å². The second-order valence-corrected chi connectivity index (χ2v) is 11.1. The molecular formula is C17H32O2Si. The van der Waals surface area contributed by atoms with Crippen molar-refractivity contribution in [1.29, 1.82) is 0 Å². The molecule has 0 spiro atoms. The van der Waals surface area contributed by atoms with Gasteiger partial charge < -0.3 is 9.22 Å². The molecule has 1 saturated carbocycles. The minimum Gasteiger partial charge on any atom is -0.407 e. The van der Waals surface area contributed by atoms with Gasteiger partial charge in [0.1, 0.15) is 6.29 Å². The third-order valence-electron chi connectivity index (χ3n) is 5.45. The minimum absolute atomic E-state index is 0.229. The molecular weight excluding hydrogens is 264 g/mol. The van der Waals surface area contributed by atoms with Crippen LogP contribution in [-0.2, 0) is 9.22 Å². The molecule has 0 unspecified atom stereocenters. The summed E-state index contributed by atoms with van der Waals surface area (Å²) in [5, 5.41) is 0. The van der Waals surface area contributed by atoms with Crippen molar-refractivity contribution >= 4 is 14.6 Å². The monoisotopic (exact) mass is 296 g/mol. The Bertz CT molecular complexity index is 328. The van der Waals surface area contributed by atoms with Crippen molar-refractivity contribution in [1.82, 2.24) is 0 Å². The van der Waals surface area contributed by atoms with E-state index in [1.54, 1.807) is 0 Å². The highest BCUT2D eigenvalue weighted by Crippen LogP contribution is 2.46. The molecule has 0 aromatic carbocycles. The highest BCUT2D eigenvalue weighted by atomic mass is 28.4. The minimum atomic E-state index is -1.69. The van der Waals surface area contributed by atoms with Gasteiger partial charge in [0.2, 0.25) is 0 Å². The van der Waals surface area contributed by atoms with E-state index in [4.69, 9.17) is 4.43 Å². The molecule has 0 N–H and O–H groups in total. The molecule has 0 aromatic rings. The van der Waals surface area contributed by atoms with Crippen molar-refractivity contribution in [3.63, 3.8) is 0 Å². The number of rotatable bonds is 8. The van der Waals surface area contributed by atoms with Gasteiger partial charge in [0.15, 0.2) is 8.32 Å². The molecule has 2 nitrogen and oxygen atoms in total. The zero-order chi connectivity index (χ0) is 15.2. The van der Waals surface area contributed by atoms with Gasteiger partial charge in [-0.25, -0.2) is 0 Å². The standard InChI is InChI=1S/C17H32O2Si/c1-6-20(7-2,8-3)19-17(15(4)5)13-10-9-11-16(17)12-14-18/h14,16H,4,6-13H2,1-3,5H3/t16-,17+/m1/s1. The highest BCUT2D eigenvalue weighted by molar-refractivity contribution is 6.73. The summed E-state index contributed by atoms with van der Waals surface area (Å²) < 4.78 is 6.92. The summed E-state index contributed by atoms with van der Waals surface area (Å²) in [5.74, 6) is 0.336. The lowest BCUT2D eigenvalue weighted by Gasteiger charge is -2.50. The zero-order valence-electron chi connectivity index (χ0n) is 13.8. The van der Waals surface area contributed by atoms with Crippen LogP contribution < -0.4 is 0 Å². The number of hydrogen-bond acceptors (Lipinski definition) is 2. The van der Waals surface area contributed by atoms with Crippen LogP contribution in [-0.4, -0.2) is 20.2 Å². The predicted octanol–water partition coefficient (Wildman–Crippen LogP) is 5.10. The quantitative estimate of drug-likeness (QED) is 0.354. The van der Waals surface area contributed by atoms with Crippen LogP contribution in [0.1, 0.15) is 59.8 Å². The molecule has 20 heavy (non-hydrogen) atoms. The van der Waals surface area contributed by atoms with E-state index in [-0.39, 0.29) is 5.60 Å². The largest absolute Gasteiger partial charge is 0.407 e. The molecule has 2 atom stereocenters. The highest BCUT2D eigenvalue weighted by Gasteiger charge is 2.47. The molecule has 1 aliphatic rings. The first kappa shape index (κ1) is 17.6. The summed E-state index contributed by atoms with van der Waals surface area (Å²) in [4.78, 5) is 11.1. The Hall–Kier alpha value is -0.413. The summed E-state index contributed by atoms with van der Waals surface area (Å²) in [6.45, 7) is 13.2. The van der Waals surface area contributed by atoms with E-state index < -0.39 is 8.32 Å². The maximum Gasteiger partial charge on any atom is 0.193 e. The van der Waals surface area contributed by atoms with Gasteiger partial charge in [-0.1, -0.05) is 40.2 Å². The zero-order valence-corrected chi connectivity index (χ0v) is 14.8. The van der Waals surface area contributed by atoms with Crippen LogP contribution in [0, 0.1) is 5.92 Å². The molecule has 0 aromatic heterocycles. The van der Waals surface area contributed by atoms with E-state index in [1.807, 2.05) is 0 Å². The molecule has 0 radical (unpaired) electrons. The first-order chi connectivity index (χ1) is 9.50. The molecule has 0 heterocycles. The third-order valence-corrected chi connectivity index (χ3v) is 10.1. The second-order valence-electron chi connectivity index (χ2n) is 6.36. The Kier molecular flexibility index (Phi) is 6.66. The van der Waals surface area contributed by atoms with Crippen LogP contribution in [0.25, 0.3) is 0 Å². The lowest BCUT2D eigenvalue weighted by atomic mass is 9.71. The smallest absolute Gasteiger partial charge is 0.193 e. The average molecular weight is 297 g/mol. The topological polar surface area (TPSA) is 26.3 Å². The van der Waals surface area contributed by atoms with Crippen LogP contribution in [0.4, 0.5) is 0 Å². The molecule has 0 bridgehead atoms. The van der Waals surface area contributed by atoms with Gasteiger partial charge in [-0.3, -0.25) is 0 Å². The Morgan fingerprint density at radius 2 is 1.90 bits per heavy atom. The van der Waals surface area contributed by atoms with Gasteiger partial charge in [-0.2, -0.15) is 0 Å². The Morgan fingerprint density at radius 3 is 2.35 bits per heavy atom. The number of carbonyl (C=O) groups excluding carboxylic acids is 1. The van der Waals surface area contributed by atoms with Crippen molar-refractivity contribution in [3.8, 4) is 0 Å². The summed E-state index contributed by atoms with van der Waals surface area (Å²) >= 11 is 0. The fraction of sp³-hybridized carbons (Fsp3) is 0.824. The summed E-state index contributed by atoms with van der Waals surface area (Å²) in [7, 11) is -1.69. The van der Waals surface area contributed by atoms with Crippen molar-refractivity contribution in [3.05, 3.63) is 12.2 Å². The molecule has 1 fully saturated rings. The maximum absolute atomic E-state index is 11.1. The lowest BCUT2D eigenvalue weighted by Crippen LogP contribution is -2.53. The van der Waals surface area contributed by atoms with Crippen LogP contribution in [0.5, 0.6) is 0 Å². The molecule has 0 aliphatic heterocycles. The van der Waals surface area contributed by atoms with Crippen molar-refractivity contribution in [2.45, 2.75) is 83.5 Å². The Balaban J connectivity index is 3.11. The molecule has 3 heteroatoms. The van der Waals surface area contributed by atoms with Crippen LogP contribution in [0.3, 0.4) is 0 Å². The van der Waals surface area contributed by atoms with Crippen LogP contribution in [0.15, 0.2) is 12.2 Å². The van der Waals surface area contributed by atoms with Crippen molar-refractivity contribution in [2.24, 2.45) is 5.92 Å². The lowest BCUT2D eigenvalue weighted by molar-refractivity contribution is -0.111. The van der Waals surface area contributed by atoms with Gasteiger partial charge in [0.05, 0.1) is 5.60 Å².